The van der Waals surface area contributed by atoms with Crippen LogP contribution >= 0.6 is 0 Å². The zero-order valence-corrected chi connectivity index (χ0v) is 10.1. The SMILES string of the molecule is Cc1cc(C)c(-c2c[nH]cc2CN)c(C)c1. The molecule has 1 aromatic heterocycles. The average molecular weight is 214 g/mol. The fraction of sp³-hybridized carbons (Fsp3) is 0.286. The first kappa shape index (κ1) is 11.0. The van der Waals surface area contributed by atoms with Gasteiger partial charge in [0.15, 0.2) is 0 Å². The Kier molecular flexibility index (Phi) is 2.84. The van der Waals surface area contributed by atoms with Crippen LogP contribution < -0.4 is 5.73 Å². The maximum atomic E-state index is 5.74. The molecule has 0 saturated heterocycles. The number of hydrogen-bond donors (Lipinski definition) is 2. The van der Waals surface area contributed by atoms with Gasteiger partial charge in [-0.05, 0) is 43.0 Å². The van der Waals surface area contributed by atoms with E-state index in [0.29, 0.717) is 6.54 Å². The molecule has 0 bridgehead atoms. The van der Waals surface area contributed by atoms with Gasteiger partial charge in [-0.25, -0.2) is 0 Å². The van der Waals surface area contributed by atoms with Gasteiger partial charge in [0, 0.05) is 24.5 Å². The highest BCUT2D eigenvalue weighted by molar-refractivity contribution is 5.73. The summed E-state index contributed by atoms with van der Waals surface area (Å²) in [5.41, 5.74) is 13.4. The van der Waals surface area contributed by atoms with Crippen LogP contribution in [0.15, 0.2) is 24.5 Å². The highest BCUT2D eigenvalue weighted by atomic mass is 14.7. The molecule has 0 spiro atoms. The number of aromatic amines is 1. The number of hydrogen-bond acceptors (Lipinski definition) is 1. The Morgan fingerprint density at radius 1 is 1.06 bits per heavy atom. The van der Waals surface area contributed by atoms with Crippen LogP contribution in [0.4, 0.5) is 0 Å². The first-order valence-electron chi connectivity index (χ1n) is 5.57. The van der Waals surface area contributed by atoms with Crippen LogP contribution in [0.5, 0.6) is 0 Å². The molecule has 0 fully saturated rings. The molecule has 2 nitrogen and oxygen atoms in total. The maximum Gasteiger partial charge on any atom is 0.0199 e. The molecule has 0 radical (unpaired) electrons. The Labute approximate surface area is 96.5 Å². The quantitative estimate of drug-likeness (QED) is 0.792. The molecule has 2 rings (SSSR count). The van der Waals surface area contributed by atoms with Gasteiger partial charge in [0.05, 0.1) is 0 Å². The fourth-order valence-corrected chi connectivity index (χ4v) is 2.40. The fourth-order valence-electron chi connectivity index (χ4n) is 2.40. The Morgan fingerprint density at radius 2 is 1.69 bits per heavy atom. The molecule has 2 heteroatoms. The lowest BCUT2D eigenvalue weighted by molar-refractivity contribution is 1.07. The van der Waals surface area contributed by atoms with Crippen molar-refractivity contribution in [1.82, 2.24) is 4.98 Å². The number of nitrogens with two attached hydrogens (primary N) is 1. The molecule has 0 atom stereocenters. The predicted molar refractivity (Wildman–Crippen MR) is 68.3 cm³/mol. The monoisotopic (exact) mass is 214 g/mol. The molecule has 0 aliphatic carbocycles. The Bertz CT molecular complexity index is 486. The third-order valence-electron chi connectivity index (χ3n) is 3.00. The van der Waals surface area contributed by atoms with Crippen molar-refractivity contribution in [3.63, 3.8) is 0 Å². The number of rotatable bonds is 2. The molecule has 84 valence electrons. The van der Waals surface area contributed by atoms with Gasteiger partial charge in [0.25, 0.3) is 0 Å². The van der Waals surface area contributed by atoms with Crippen molar-refractivity contribution in [1.29, 1.82) is 0 Å². The van der Waals surface area contributed by atoms with Crippen molar-refractivity contribution in [2.75, 3.05) is 0 Å². The lowest BCUT2D eigenvalue weighted by Crippen LogP contribution is -1.98. The van der Waals surface area contributed by atoms with Crippen LogP contribution in [0.1, 0.15) is 22.3 Å². The third kappa shape index (κ3) is 1.76. The van der Waals surface area contributed by atoms with E-state index in [1.807, 2.05) is 12.4 Å². The molecule has 1 aromatic carbocycles. The molecule has 3 N–H and O–H groups in total. The Balaban J connectivity index is 2.64. The van der Waals surface area contributed by atoms with E-state index in [1.165, 1.54) is 33.4 Å². The van der Waals surface area contributed by atoms with Crippen LogP contribution in [0.3, 0.4) is 0 Å². The molecule has 16 heavy (non-hydrogen) atoms. The molecule has 0 unspecified atom stereocenters. The summed E-state index contributed by atoms with van der Waals surface area (Å²) >= 11 is 0. The minimum absolute atomic E-state index is 0.575. The molecule has 2 aromatic rings. The number of H-pyrrole nitrogens is 1. The van der Waals surface area contributed by atoms with Gasteiger partial charge in [0.1, 0.15) is 0 Å². The summed E-state index contributed by atoms with van der Waals surface area (Å²) in [6.07, 6.45) is 4.01. The average Bonchev–Trinajstić information content (AvgIpc) is 2.64. The number of nitrogens with one attached hydrogen (secondary N) is 1. The summed E-state index contributed by atoms with van der Waals surface area (Å²) in [4.78, 5) is 3.14. The van der Waals surface area contributed by atoms with Gasteiger partial charge in [0.2, 0.25) is 0 Å². The lowest BCUT2D eigenvalue weighted by Gasteiger charge is -2.11. The van der Waals surface area contributed by atoms with Crippen LogP contribution in [0.25, 0.3) is 11.1 Å². The maximum absolute atomic E-state index is 5.74. The van der Waals surface area contributed by atoms with Gasteiger partial charge in [-0.1, -0.05) is 17.7 Å². The highest BCUT2D eigenvalue weighted by Gasteiger charge is 2.10. The van der Waals surface area contributed by atoms with E-state index < -0.39 is 0 Å². The zero-order valence-electron chi connectivity index (χ0n) is 10.1. The second-order valence-electron chi connectivity index (χ2n) is 4.37. The van der Waals surface area contributed by atoms with Gasteiger partial charge in [-0.2, -0.15) is 0 Å². The molecule has 0 amide bonds. The van der Waals surface area contributed by atoms with E-state index in [0.717, 1.165) is 0 Å². The van der Waals surface area contributed by atoms with E-state index in [1.54, 1.807) is 0 Å². The summed E-state index contributed by atoms with van der Waals surface area (Å²) in [5, 5.41) is 0. The minimum Gasteiger partial charge on any atom is -0.367 e. The van der Waals surface area contributed by atoms with Crippen molar-refractivity contribution in [2.24, 2.45) is 5.73 Å². The van der Waals surface area contributed by atoms with Crippen molar-refractivity contribution in [2.45, 2.75) is 27.3 Å². The molecular formula is C14H18N2. The third-order valence-corrected chi connectivity index (χ3v) is 3.00. The van der Waals surface area contributed by atoms with E-state index in [4.69, 9.17) is 5.73 Å². The van der Waals surface area contributed by atoms with Gasteiger partial charge >= 0.3 is 0 Å². The summed E-state index contributed by atoms with van der Waals surface area (Å²) in [6, 6.07) is 4.44. The van der Waals surface area contributed by atoms with Gasteiger partial charge in [-0.15, -0.1) is 0 Å². The second kappa shape index (κ2) is 4.14. The summed E-state index contributed by atoms with van der Waals surface area (Å²) in [7, 11) is 0. The van der Waals surface area contributed by atoms with Crippen molar-refractivity contribution in [3.8, 4) is 11.1 Å². The lowest BCUT2D eigenvalue weighted by atomic mass is 9.93. The van der Waals surface area contributed by atoms with Crippen LogP contribution in [-0.4, -0.2) is 4.98 Å². The first-order chi connectivity index (χ1) is 7.63. The normalized spacial score (nSPS) is 10.8. The zero-order chi connectivity index (χ0) is 11.7. The largest absolute Gasteiger partial charge is 0.367 e. The van der Waals surface area contributed by atoms with Crippen LogP contribution in [0, 0.1) is 20.8 Å². The number of aromatic nitrogens is 1. The highest BCUT2D eigenvalue weighted by Crippen LogP contribution is 2.30. The van der Waals surface area contributed by atoms with Crippen molar-refractivity contribution >= 4 is 0 Å². The van der Waals surface area contributed by atoms with E-state index in [2.05, 4.69) is 37.9 Å². The van der Waals surface area contributed by atoms with Crippen molar-refractivity contribution < 1.29 is 0 Å². The molecule has 0 aliphatic heterocycles. The van der Waals surface area contributed by atoms with Crippen LogP contribution in [-0.2, 0) is 6.54 Å². The Hall–Kier alpha value is -1.54. The van der Waals surface area contributed by atoms with E-state index >= 15 is 0 Å². The van der Waals surface area contributed by atoms with E-state index in [9.17, 15) is 0 Å². The molecule has 0 saturated carbocycles. The summed E-state index contributed by atoms with van der Waals surface area (Å²) in [6.45, 7) is 7.02. The predicted octanol–water partition coefficient (Wildman–Crippen LogP) is 3.07. The minimum atomic E-state index is 0.575. The summed E-state index contributed by atoms with van der Waals surface area (Å²) < 4.78 is 0. The Morgan fingerprint density at radius 3 is 2.25 bits per heavy atom. The number of aryl methyl sites for hydroxylation is 3. The van der Waals surface area contributed by atoms with E-state index in [-0.39, 0.29) is 0 Å². The number of benzene rings is 1. The topological polar surface area (TPSA) is 41.8 Å². The molecular weight excluding hydrogens is 196 g/mol. The van der Waals surface area contributed by atoms with Crippen molar-refractivity contribution in [3.05, 3.63) is 46.8 Å². The smallest absolute Gasteiger partial charge is 0.0199 e. The van der Waals surface area contributed by atoms with Crippen LogP contribution in [0.2, 0.25) is 0 Å². The summed E-state index contributed by atoms with van der Waals surface area (Å²) in [5.74, 6) is 0. The van der Waals surface area contributed by atoms with Gasteiger partial charge < -0.3 is 10.7 Å². The first-order valence-corrected chi connectivity index (χ1v) is 5.57. The molecule has 0 aliphatic rings. The second-order valence-corrected chi connectivity index (χ2v) is 4.37. The standard InChI is InChI=1S/C14H18N2/c1-9-4-10(2)14(11(3)5-9)13-8-16-7-12(13)6-15/h4-5,7-8,16H,6,15H2,1-3H3. The van der Waals surface area contributed by atoms with Gasteiger partial charge in [-0.3, -0.25) is 0 Å². The molecule has 1 heterocycles.